The minimum Gasteiger partial charge on any atom is -0.366 e. The molecule has 0 radical (unpaired) electrons. The smallest absolute Gasteiger partial charge is 0.288 e. The number of pyridine rings is 1. The number of nitrogens with one attached hydrogen (secondary N) is 1. The van der Waals surface area contributed by atoms with Crippen LogP contribution < -0.4 is 5.73 Å². The number of carbonyl (C=O) groups excluding carboxylic acids is 1. The lowest BCUT2D eigenvalue weighted by Crippen LogP contribution is -2.13. The zero-order chi connectivity index (χ0) is 13.1. The first-order chi connectivity index (χ1) is 8.58. The third-order valence-electron chi connectivity index (χ3n) is 1.90. The van der Waals surface area contributed by atoms with Gasteiger partial charge in [0.1, 0.15) is 17.6 Å². The summed E-state index contributed by atoms with van der Waals surface area (Å²) in [4.78, 5) is 28.8. The predicted octanol–water partition coefficient (Wildman–Crippen LogP) is 0.358. The summed E-state index contributed by atoms with van der Waals surface area (Å²) >= 11 is 1.01. The molecule has 0 saturated heterocycles. The minimum absolute atomic E-state index is 0.0365. The Hall–Kier alpha value is -2.49. The zero-order valence-electron chi connectivity index (χ0n) is 8.73. The van der Waals surface area contributed by atoms with Gasteiger partial charge in [-0.05, 0) is 11.8 Å². The molecule has 2 aromatic heterocycles. The topological polar surface area (TPSA) is 141 Å². The van der Waals surface area contributed by atoms with Crippen molar-refractivity contribution in [1.29, 1.82) is 0 Å². The molecule has 10 heteroatoms. The maximum Gasteiger partial charge on any atom is 0.288 e. The summed E-state index contributed by atoms with van der Waals surface area (Å²) in [5.41, 5.74) is 4.81. The van der Waals surface area contributed by atoms with E-state index in [2.05, 4.69) is 20.2 Å². The van der Waals surface area contributed by atoms with Gasteiger partial charge >= 0.3 is 0 Å². The van der Waals surface area contributed by atoms with Crippen LogP contribution in [0.5, 0.6) is 0 Å². The molecule has 0 atom stereocenters. The SMILES string of the molecule is NC(=O)c1cc([N+](=O)[O-])cnc1Sc1ncn[nH]1. The van der Waals surface area contributed by atoms with Crippen LogP contribution in [-0.4, -0.2) is 31.0 Å². The zero-order valence-corrected chi connectivity index (χ0v) is 9.55. The number of aromatic nitrogens is 4. The molecular formula is C8H6N6O3S. The largest absolute Gasteiger partial charge is 0.366 e. The number of nitrogens with zero attached hydrogens (tertiary/aromatic N) is 4. The van der Waals surface area contributed by atoms with E-state index in [-0.39, 0.29) is 16.3 Å². The number of nitro groups is 1. The van der Waals surface area contributed by atoms with E-state index in [9.17, 15) is 14.9 Å². The van der Waals surface area contributed by atoms with Crippen LogP contribution in [0, 0.1) is 10.1 Å². The molecule has 0 aliphatic heterocycles. The van der Waals surface area contributed by atoms with Crippen molar-refractivity contribution in [2.45, 2.75) is 10.2 Å². The lowest BCUT2D eigenvalue weighted by atomic mass is 10.2. The van der Waals surface area contributed by atoms with Crippen LogP contribution in [0.3, 0.4) is 0 Å². The first-order valence-electron chi connectivity index (χ1n) is 4.55. The van der Waals surface area contributed by atoms with Gasteiger partial charge in [-0.1, -0.05) is 0 Å². The highest BCUT2D eigenvalue weighted by Gasteiger charge is 2.17. The summed E-state index contributed by atoms with van der Waals surface area (Å²) in [7, 11) is 0. The van der Waals surface area contributed by atoms with Crippen molar-refractivity contribution in [3.63, 3.8) is 0 Å². The Bertz CT molecular complexity index is 599. The van der Waals surface area contributed by atoms with Crippen molar-refractivity contribution in [2.24, 2.45) is 5.73 Å². The Labute approximate surface area is 104 Å². The first-order valence-corrected chi connectivity index (χ1v) is 5.37. The highest BCUT2D eigenvalue weighted by atomic mass is 32.2. The molecule has 18 heavy (non-hydrogen) atoms. The number of rotatable bonds is 4. The molecule has 0 bridgehead atoms. The predicted molar refractivity (Wildman–Crippen MR) is 59.9 cm³/mol. The fourth-order valence-corrected chi connectivity index (χ4v) is 1.89. The van der Waals surface area contributed by atoms with Gasteiger partial charge in [-0.2, -0.15) is 5.10 Å². The molecule has 0 saturated carbocycles. The monoisotopic (exact) mass is 266 g/mol. The van der Waals surface area contributed by atoms with Crippen LogP contribution in [-0.2, 0) is 0 Å². The number of hydrogen-bond donors (Lipinski definition) is 2. The van der Waals surface area contributed by atoms with Crippen molar-refractivity contribution in [2.75, 3.05) is 0 Å². The number of amides is 1. The first kappa shape index (κ1) is 12.0. The number of nitrogens with two attached hydrogens (primary N) is 1. The van der Waals surface area contributed by atoms with Gasteiger partial charge in [-0.25, -0.2) is 9.97 Å². The maximum absolute atomic E-state index is 11.2. The molecule has 0 spiro atoms. The summed E-state index contributed by atoms with van der Waals surface area (Å²) in [5, 5.41) is 17.4. The van der Waals surface area contributed by atoms with Gasteiger partial charge in [0.05, 0.1) is 10.5 Å². The van der Waals surface area contributed by atoms with Crippen molar-refractivity contribution in [3.8, 4) is 0 Å². The number of aromatic amines is 1. The second-order valence-electron chi connectivity index (χ2n) is 3.06. The molecule has 3 N–H and O–H groups in total. The Morgan fingerprint density at radius 3 is 2.83 bits per heavy atom. The number of primary amides is 1. The molecule has 2 heterocycles. The number of carbonyl (C=O) groups is 1. The molecule has 92 valence electrons. The van der Waals surface area contributed by atoms with Gasteiger partial charge in [-0.3, -0.25) is 20.0 Å². The Kier molecular flexibility index (Phi) is 3.19. The van der Waals surface area contributed by atoms with Gasteiger partial charge < -0.3 is 5.73 Å². The van der Waals surface area contributed by atoms with Crippen LogP contribution in [0.1, 0.15) is 10.4 Å². The molecule has 0 fully saturated rings. The Balaban J connectivity index is 2.40. The molecule has 2 rings (SSSR count). The van der Waals surface area contributed by atoms with E-state index in [0.717, 1.165) is 24.0 Å². The van der Waals surface area contributed by atoms with E-state index >= 15 is 0 Å². The van der Waals surface area contributed by atoms with Crippen LogP contribution in [0.2, 0.25) is 0 Å². The fourth-order valence-electron chi connectivity index (χ4n) is 1.13. The van der Waals surface area contributed by atoms with Gasteiger partial charge in [-0.15, -0.1) is 0 Å². The third-order valence-corrected chi connectivity index (χ3v) is 2.81. The molecular weight excluding hydrogens is 260 g/mol. The van der Waals surface area contributed by atoms with Crippen molar-refractivity contribution in [1.82, 2.24) is 20.2 Å². The van der Waals surface area contributed by atoms with Gasteiger partial charge in [0.15, 0.2) is 5.16 Å². The lowest BCUT2D eigenvalue weighted by molar-refractivity contribution is -0.385. The van der Waals surface area contributed by atoms with E-state index in [1.165, 1.54) is 6.33 Å². The van der Waals surface area contributed by atoms with Crippen molar-refractivity contribution in [3.05, 3.63) is 34.3 Å². The van der Waals surface area contributed by atoms with Crippen LogP contribution in [0.4, 0.5) is 5.69 Å². The van der Waals surface area contributed by atoms with Crippen LogP contribution in [0.15, 0.2) is 28.8 Å². The summed E-state index contributed by atoms with van der Waals surface area (Å²) in [6.45, 7) is 0. The van der Waals surface area contributed by atoms with Crippen LogP contribution >= 0.6 is 11.8 Å². The third kappa shape index (κ3) is 2.43. The molecule has 9 nitrogen and oxygen atoms in total. The van der Waals surface area contributed by atoms with Crippen molar-refractivity contribution < 1.29 is 9.72 Å². The summed E-state index contributed by atoms with van der Waals surface area (Å²) in [6.07, 6.45) is 2.34. The molecule has 0 aromatic carbocycles. The Morgan fingerprint density at radius 1 is 1.50 bits per heavy atom. The highest BCUT2D eigenvalue weighted by molar-refractivity contribution is 7.99. The number of hydrogen-bond acceptors (Lipinski definition) is 7. The van der Waals surface area contributed by atoms with Gasteiger partial charge in [0, 0.05) is 6.07 Å². The van der Waals surface area contributed by atoms with Gasteiger partial charge in [0.25, 0.3) is 11.6 Å². The Morgan fingerprint density at radius 2 is 2.28 bits per heavy atom. The van der Waals surface area contributed by atoms with E-state index in [0.29, 0.717) is 5.16 Å². The molecule has 0 aliphatic rings. The lowest BCUT2D eigenvalue weighted by Gasteiger charge is -2.02. The summed E-state index contributed by atoms with van der Waals surface area (Å²) < 4.78 is 0. The standard InChI is InChI=1S/C8H6N6O3S/c9-6(15)5-1-4(14(16)17)2-10-7(5)18-8-11-3-12-13-8/h1-3H,(H2,9,15)(H,11,12,13). The molecule has 0 unspecified atom stereocenters. The van der Waals surface area contributed by atoms with E-state index in [1.807, 2.05) is 0 Å². The molecule has 1 amide bonds. The highest BCUT2D eigenvalue weighted by Crippen LogP contribution is 2.27. The summed E-state index contributed by atoms with van der Waals surface area (Å²) in [5.74, 6) is -0.798. The average Bonchev–Trinajstić information content (AvgIpc) is 2.81. The molecule has 2 aromatic rings. The average molecular weight is 266 g/mol. The second kappa shape index (κ2) is 4.79. The number of H-pyrrole nitrogens is 1. The quantitative estimate of drug-likeness (QED) is 0.601. The van der Waals surface area contributed by atoms with Crippen molar-refractivity contribution >= 4 is 23.4 Å². The normalized spacial score (nSPS) is 10.2. The van der Waals surface area contributed by atoms with Gasteiger partial charge in [0.2, 0.25) is 0 Å². The second-order valence-corrected chi connectivity index (χ2v) is 4.04. The summed E-state index contributed by atoms with van der Waals surface area (Å²) in [6, 6.07) is 1.08. The molecule has 0 aliphatic carbocycles. The maximum atomic E-state index is 11.2. The van der Waals surface area contributed by atoms with E-state index in [1.54, 1.807) is 0 Å². The fraction of sp³-hybridized carbons (Fsp3) is 0. The van der Waals surface area contributed by atoms with Crippen LogP contribution in [0.25, 0.3) is 0 Å². The minimum atomic E-state index is -0.798. The van der Waals surface area contributed by atoms with E-state index in [4.69, 9.17) is 5.73 Å². The van der Waals surface area contributed by atoms with E-state index < -0.39 is 10.8 Å².